The van der Waals surface area contributed by atoms with Crippen LogP contribution in [0.25, 0.3) is 0 Å². The molecule has 0 fully saturated rings. The molecule has 0 amide bonds. The first-order chi connectivity index (χ1) is 7.06. The molecule has 0 aromatic carbocycles. The van der Waals surface area contributed by atoms with Crippen LogP contribution in [0.15, 0.2) is 0 Å². The number of hydrogen-bond acceptors (Lipinski definition) is 2. The van der Waals surface area contributed by atoms with Gasteiger partial charge in [-0.15, -0.1) is 0 Å². The largest absolute Gasteiger partial charge is 0.328 e. The minimum atomic E-state index is 0.318. The van der Waals surface area contributed by atoms with E-state index in [4.69, 9.17) is 5.73 Å². The highest BCUT2D eigenvalue weighted by atomic mass is 14.9. The molecule has 0 saturated heterocycles. The Balaban J connectivity index is 3.69. The molecule has 0 heterocycles. The van der Waals surface area contributed by atoms with Gasteiger partial charge in [-0.2, -0.15) is 0 Å². The lowest BCUT2D eigenvalue weighted by Gasteiger charge is -2.21. The molecular weight excluding hydrogens is 184 g/mol. The third-order valence-electron chi connectivity index (χ3n) is 2.72. The van der Waals surface area contributed by atoms with Crippen molar-refractivity contribution in [2.75, 3.05) is 6.54 Å². The Kier molecular flexibility index (Phi) is 9.12. The van der Waals surface area contributed by atoms with Gasteiger partial charge in [-0.05, 0) is 38.6 Å². The van der Waals surface area contributed by atoms with E-state index in [0.29, 0.717) is 12.1 Å². The van der Waals surface area contributed by atoms with Gasteiger partial charge in [-0.1, -0.05) is 33.6 Å². The van der Waals surface area contributed by atoms with E-state index in [2.05, 4.69) is 33.0 Å². The van der Waals surface area contributed by atoms with Gasteiger partial charge in [-0.25, -0.2) is 0 Å². The Bertz CT molecular complexity index is 132. The first-order valence-electron chi connectivity index (χ1n) is 6.55. The average molecular weight is 214 g/mol. The molecule has 0 radical (unpaired) electrons. The van der Waals surface area contributed by atoms with E-state index in [0.717, 1.165) is 18.9 Å². The molecule has 0 aromatic rings. The minimum Gasteiger partial charge on any atom is -0.328 e. The summed E-state index contributed by atoms with van der Waals surface area (Å²) in [7, 11) is 0. The van der Waals surface area contributed by atoms with Gasteiger partial charge < -0.3 is 11.1 Å². The van der Waals surface area contributed by atoms with Crippen molar-refractivity contribution >= 4 is 0 Å². The second kappa shape index (κ2) is 9.17. The van der Waals surface area contributed by atoms with Crippen LogP contribution >= 0.6 is 0 Å². The Labute approximate surface area is 96.0 Å². The van der Waals surface area contributed by atoms with E-state index in [-0.39, 0.29) is 0 Å². The standard InChI is InChI=1S/C13H30N2/c1-5-6-7-13(10-12(4)14)15-9-8-11(2)3/h11-13,15H,5-10,14H2,1-4H3. The summed E-state index contributed by atoms with van der Waals surface area (Å²) < 4.78 is 0. The molecule has 0 aliphatic heterocycles. The highest BCUT2D eigenvalue weighted by molar-refractivity contribution is 4.71. The summed E-state index contributed by atoms with van der Waals surface area (Å²) in [5.41, 5.74) is 5.86. The Morgan fingerprint density at radius 1 is 1.13 bits per heavy atom. The van der Waals surface area contributed by atoms with Crippen LogP contribution in [0.4, 0.5) is 0 Å². The molecule has 0 aromatic heterocycles. The summed E-state index contributed by atoms with van der Waals surface area (Å²) in [5, 5.41) is 3.64. The zero-order valence-electron chi connectivity index (χ0n) is 11.1. The van der Waals surface area contributed by atoms with Crippen LogP contribution in [0, 0.1) is 5.92 Å². The van der Waals surface area contributed by atoms with Crippen molar-refractivity contribution in [1.82, 2.24) is 5.32 Å². The van der Waals surface area contributed by atoms with Crippen molar-refractivity contribution in [3.8, 4) is 0 Å². The minimum absolute atomic E-state index is 0.318. The van der Waals surface area contributed by atoms with Gasteiger partial charge in [0.15, 0.2) is 0 Å². The summed E-state index contributed by atoms with van der Waals surface area (Å²) in [5.74, 6) is 0.791. The molecular formula is C13H30N2. The first-order valence-corrected chi connectivity index (χ1v) is 6.55. The quantitative estimate of drug-likeness (QED) is 0.619. The van der Waals surface area contributed by atoms with E-state index in [9.17, 15) is 0 Å². The third kappa shape index (κ3) is 10.2. The monoisotopic (exact) mass is 214 g/mol. The fourth-order valence-electron chi connectivity index (χ4n) is 1.78. The molecule has 0 rings (SSSR count). The normalized spacial score (nSPS) is 15.6. The van der Waals surface area contributed by atoms with Gasteiger partial charge in [0.1, 0.15) is 0 Å². The van der Waals surface area contributed by atoms with E-state index in [1.807, 2.05) is 0 Å². The van der Waals surface area contributed by atoms with Crippen LogP contribution in [0.2, 0.25) is 0 Å². The number of nitrogens with one attached hydrogen (secondary N) is 1. The summed E-state index contributed by atoms with van der Waals surface area (Å²) in [6.07, 6.45) is 6.24. The van der Waals surface area contributed by atoms with Gasteiger partial charge >= 0.3 is 0 Å². The summed E-state index contributed by atoms with van der Waals surface area (Å²) in [6.45, 7) is 10.0. The maximum absolute atomic E-state index is 5.86. The molecule has 2 nitrogen and oxygen atoms in total. The van der Waals surface area contributed by atoms with E-state index < -0.39 is 0 Å². The zero-order chi connectivity index (χ0) is 11.7. The van der Waals surface area contributed by atoms with Crippen LogP contribution in [-0.2, 0) is 0 Å². The summed E-state index contributed by atoms with van der Waals surface area (Å²) in [6, 6.07) is 0.946. The topological polar surface area (TPSA) is 38.0 Å². The van der Waals surface area contributed by atoms with E-state index in [1.54, 1.807) is 0 Å². The van der Waals surface area contributed by atoms with Crippen molar-refractivity contribution in [2.45, 2.75) is 71.9 Å². The van der Waals surface area contributed by atoms with Gasteiger partial charge in [-0.3, -0.25) is 0 Å². The fraction of sp³-hybridized carbons (Fsp3) is 1.00. The SMILES string of the molecule is CCCCC(CC(C)N)NCCC(C)C. The number of unbranched alkanes of at least 4 members (excludes halogenated alkanes) is 1. The summed E-state index contributed by atoms with van der Waals surface area (Å²) >= 11 is 0. The second-order valence-electron chi connectivity index (χ2n) is 5.19. The van der Waals surface area contributed by atoms with E-state index in [1.165, 1.54) is 25.7 Å². The van der Waals surface area contributed by atoms with Gasteiger partial charge in [0, 0.05) is 12.1 Å². The predicted molar refractivity (Wildman–Crippen MR) is 69.0 cm³/mol. The van der Waals surface area contributed by atoms with Gasteiger partial charge in [0.2, 0.25) is 0 Å². The average Bonchev–Trinajstić information content (AvgIpc) is 2.12. The number of hydrogen-bond donors (Lipinski definition) is 2. The molecule has 0 aliphatic rings. The maximum Gasteiger partial charge on any atom is 0.00816 e. The molecule has 2 heteroatoms. The predicted octanol–water partition coefficient (Wildman–Crippen LogP) is 2.92. The summed E-state index contributed by atoms with van der Waals surface area (Å²) in [4.78, 5) is 0. The van der Waals surface area contributed by atoms with Crippen molar-refractivity contribution in [2.24, 2.45) is 11.7 Å². The highest BCUT2D eigenvalue weighted by Crippen LogP contribution is 2.07. The second-order valence-corrected chi connectivity index (χ2v) is 5.19. The molecule has 0 saturated carbocycles. The lowest BCUT2D eigenvalue weighted by atomic mass is 10.0. The Morgan fingerprint density at radius 3 is 2.27 bits per heavy atom. The molecule has 15 heavy (non-hydrogen) atoms. The Morgan fingerprint density at radius 2 is 1.80 bits per heavy atom. The highest BCUT2D eigenvalue weighted by Gasteiger charge is 2.09. The van der Waals surface area contributed by atoms with Crippen molar-refractivity contribution in [3.05, 3.63) is 0 Å². The molecule has 0 spiro atoms. The lowest BCUT2D eigenvalue weighted by molar-refractivity contribution is 0.398. The van der Waals surface area contributed by atoms with Gasteiger partial charge in [0.25, 0.3) is 0 Å². The van der Waals surface area contributed by atoms with E-state index >= 15 is 0 Å². The smallest absolute Gasteiger partial charge is 0.00816 e. The number of rotatable bonds is 9. The van der Waals surface area contributed by atoms with Crippen LogP contribution in [0.3, 0.4) is 0 Å². The van der Waals surface area contributed by atoms with Crippen LogP contribution < -0.4 is 11.1 Å². The molecule has 92 valence electrons. The first kappa shape index (κ1) is 14.9. The maximum atomic E-state index is 5.86. The number of nitrogens with two attached hydrogens (primary N) is 1. The van der Waals surface area contributed by atoms with Gasteiger partial charge in [0.05, 0.1) is 0 Å². The van der Waals surface area contributed by atoms with Crippen LogP contribution in [-0.4, -0.2) is 18.6 Å². The molecule has 0 aliphatic carbocycles. The molecule has 2 unspecified atom stereocenters. The van der Waals surface area contributed by atoms with Crippen molar-refractivity contribution in [3.63, 3.8) is 0 Å². The fourth-order valence-corrected chi connectivity index (χ4v) is 1.78. The zero-order valence-corrected chi connectivity index (χ0v) is 11.1. The van der Waals surface area contributed by atoms with Crippen molar-refractivity contribution < 1.29 is 0 Å². The van der Waals surface area contributed by atoms with Crippen LogP contribution in [0.5, 0.6) is 0 Å². The van der Waals surface area contributed by atoms with Crippen molar-refractivity contribution in [1.29, 1.82) is 0 Å². The molecule has 0 bridgehead atoms. The van der Waals surface area contributed by atoms with Crippen LogP contribution in [0.1, 0.15) is 59.8 Å². The Hall–Kier alpha value is -0.0800. The third-order valence-corrected chi connectivity index (χ3v) is 2.72. The molecule has 3 N–H and O–H groups in total. The lowest BCUT2D eigenvalue weighted by Crippen LogP contribution is -2.35. The molecule has 2 atom stereocenters.